The average molecular weight is 369 g/mol. The SMILES string of the molecule is O=C(c1ccccc1F)N1CCN(c2cc(N3CCCCC3)ncn2)CC1. The number of carbonyl (C=O) groups is 1. The molecule has 0 saturated carbocycles. The zero-order chi connectivity index (χ0) is 18.6. The van der Waals surface area contributed by atoms with Crippen LogP contribution in [0.5, 0.6) is 0 Å². The maximum Gasteiger partial charge on any atom is 0.256 e. The molecule has 1 amide bonds. The highest BCUT2D eigenvalue weighted by Crippen LogP contribution is 2.22. The number of hydrogen-bond acceptors (Lipinski definition) is 5. The summed E-state index contributed by atoms with van der Waals surface area (Å²) in [5.41, 5.74) is 0.139. The predicted octanol–water partition coefficient (Wildman–Crippen LogP) is 2.57. The lowest BCUT2D eigenvalue weighted by Crippen LogP contribution is -2.49. The number of hydrogen-bond donors (Lipinski definition) is 0. The molecule has 0 N–H and O–H groups in total. The Kier molecular flexibility index (Phi) is 5.18. The Morgan fingerprint density at radius 1 is 0.852 bits per heavy atom. The number of carbonyl (C=O) groups excluding carboxylic acids is 1. The van der Waals surface area contributed by atoms with Gasteiger partial charge in [0.2, 0.25) is 0 Å². The van der Waals surface area contributed by atoms with Crippen LogP contribution in [0.15, 0.2) is 36.7 Å². The molecule has 7 heteroatoms. The number of anilines is 2. The smallest absolute Gasteiger partial charge is 0.256 e. The van der Waals surface area contributed by atoms with Crippen molar-refractivity contribution in [3.05, 3.63) is 48.0 Å². The Labute approximate surface area is 158 Å². The van der Waals surface area contributed by atoms with Crippen LogP contribution < -0.4 is 9.80 Å². The first-order valence-corrected chi connectivity index (χ1v) is 9.58. The van der Waals surface area contributed by atoms with E-state index in [-0.39, 0.29) is 11.5 Å². The number of aromatic nitrogens is 2. The van der Waals surface area contributed by atoms with Gasteiger partial charge in [-0.15, -0.1) is 0 Å². The van der Waals surface area contributed by atoms with Crippen molar-refractivity contribution in [3.8, 4) is 0 Å². The number of halogens is 1. The minimum atomic E-state index is -0.466. The zero-order valence-electron chi connectivity index (χ0n) is 15.4. The van der Waals surface area contributed by atoms with Gasteiger partial charge in [-0.3, -0.25) is 4.79 Å². The molecular formula is C20H24FN5O. The van der Waals surface area contributed by atoms with E-state index in [2.05, 4.69) is 19.8 Å². The minimum absolute atomic E-state index is 0.139. The molecule has 2 aliphatic heterocycles. The van der Waals surface area contributed by atoms with Gasteiger partial charge >= 0.3 is 0 Å². The first kappa shape index (κ1) is 17.7. The number of piperazine rings is 1. The van der Waals surface area contributed by atoms with E-state index in [4.69, 9.17) is 0 Å². The summed E-state index contributed by atoms with van der Waals surface area (Å²) >= 11 is 0. The monoisotopic (exact) mass is 369 g/mol. The molecule has 4 rings (SSSR count). The topological polar surface area (TPSA) is 52.6 Å². The van der Waals surface area contributed by atoms with E-state index in [0.717, 1.165) is 24.7 Å². The van der Waals surface area contributed by atoms with Crippen molar-refractivity contribution < 1.29 is 9.18 Å². The molecule has 142 valence electrons. The molecule has 3 heterocycles. The zero-order valence-corrected chi connectivity index (χ0v) is 15.4. The molecule has 0 atom stereocenters. The number of rotatable bonds is 3. The van der Waals surface area contributed by atoms with Crippen molar-refractivity contribution in [1.82, 2.24) is 14.9 Å². The van der Waals surface area contributed by atoms with Gasteiger partial charge in [0.1, 0.15) is 23.8 Å². The molecule has 0 aliphatic carbocycles. The van der Waals surface area contributed by atoms with Gasteiger partial charge in [0.05, 0.1) is 5.56 Å². The van der Waals surface area contributed by atoms with Gasteiger partial charge < -0.3 is 14.7 Å². The van der Waals surface area contributed by atoms with Crippen LogP contribution in [0.3, 0.4) is 0 Å². The first-order chi connectivity index (χ1) is 13.2. The summed E-state index contributed by atoms with van der Waals surface area (Å²) in [6, 6.07) is 8.19. The summed E-state index contributed by atoms with van der Waals surface area (Å²) < 4.78 is 13.9. The van der Waals surface area contributed by atoms with Gasteiger partial charge in [0.15, 0.2) is 0 Å². The summed E-state index contributed by atoms with van der Waals surface area (Å²) in [6.07, 6.45) is 5.31. The summed E-state index contributed by atoms with van der Waals surface area (Å²) in [5, 5.41) is 0. The van der Waals surface area contributed by atoms with Crippen LogP contribution in [0, 0.1) is 5.82 Å². The normalized spacial score (nSPS) is 17.9. The second-order valence-corrected chi connectivity index (χ2v) is 7.04. The predicted molar refractivity (Wildman–Crippen MR) is 103 cm³/mol. The van der Waals surface area contributed by atoms with Crippen LogP contribution in [0.1, 0.15) is 29.6 Å². The Hall–Kier alpha value is -2.70. The highest BCUT2D eigenvalue weighted by Gasteiger charge is 2.25. The van der Waals surface area contributed by atoms with E-state index in [1.807, 2.05) is 6.07 Å². The lowest BCUT2D eigenvalue weighted by Gasteiger charge is -2.36. The van der Waals surface area contributed by atoms with Crippen molar-refractivity contribution in [2.75, 3.05) is 49.1 Å². The third-order valence-electron chi connectivity index (χ3n) is 5.31. The van der Waals surface area contributed by atoms with E-state index in [9.17, 15) is 9.18 Å². The molecule has 0 spiro atoms. The second kappa shape index (κ2) is 7.90. The van der Waals surface area contributed by atoms with E-state index >= 15 is 0 Å². The quantitative estimate of drug-likeness (QED) is 0.832. The van der Waals surface area contributed by atoms with Gasteiger partial charge in [-0.25, -0.2) is 14.4 Å². The molecular weight excluding hydrogens is 345 g/mol. The molecule has 2 aromatic rings. The first-order valence-electron chi connectivity index (χ1n) is 9.58. The van der Waals surface area contributed by atoms with Crippen LogP contribution in [-0.2, 0) is 0 Å². The summed E-state index contributed by atoms with van der Waals surface area (Å²) in [6.45, 7) is 4.54. The summed E-state index contributed by atoms with van der Waals surface area (Å²) in [4.78, 5) is 27.6. The van der Waals surface area contributed by atoms with Crippen molar-refractivity contribution >= 4 is 17.5 Å². The molecule has 2 aliphatic rings. The maximum atomic E-state index is 13.9. The molecule has 1 aromatic carbocycles. The fraction of sp³-hybridized carbons (Fsp3) is 0.450. The Morgan fingerprint density at radius 3 is 2.15 bits per heavy atom. The third kappa shape index (κ3) is 3.86. The molecule has 0 unspecified atom stereocenters. The van der Waals surface area contributed by atoms with Gasteiger partial charge in [-0.1, -0.05) is 12.1 Å². The van der Waals surface area contributed by atoms with Crippen LogP contribution >= 0.6 is 0 Å². The fourth-order valence-electron chi connectivity index (χ4n) is 3.75. The molecule has 1 aromatic heterocycles. The summed E-state index contributed by atoms with van der Waals surface area (Å²) in [7, 11) is 0. The van der Waals surface area contributed by atoms with E-state index in [0.29, 0.717) is 26.2 Å². The summed E-state index contributed by atoms with van der Waals surface area (Å²) in [5.74, 6) is 1.16. The van der Waals surface area contributed by atoms with Gasteiger partial charge in [-0.2, -0.15) is 0 Å². The highest BCUT2D eigenvalue weighted by molar-refractivity contribution is 5.94. The molecule has 0 bridgehead atoms. The fourth-order valence-corrected chi connectivity index (χ4v) is 3.75. The molecule has 2 fully saturated rings. The van der Waals surface area contributed by atoms with Gasteiger partial charge in [0.25, 0.3) is 5.91 Å². The number of piperidine rings is 1. The Morgan fingerprint density at radius 2 is 1.48 bits per heavy atom. The molecule has 6 nitrogen and oxygen atoms in total. The molecule has 27 heavy (non-hydrogen) atoms. The second-order valence-electron chi connectivity index (χ2n) is 7.04. The van der Waals surface area contributed by atoms with Gasteiger partial charge in [-0.05, 0) is 31.4 Å². The lowest BCUT2D eigenvalue weighted by atomic mass is 10.1. The third-order valence-corrected chi connectivity index (χ3v) is 5.31. The van der Waals surface area contributed by atoms with E-state index in [1.54, 1.807) is 29.4 Å². The molecule has 2 saturated heterocycles. The number of benzene rings is 1. The van der Waals surface area contributed by atoms with Crippen LogP contribution in [-0.4, -0.2) is 60.0 Å². The molecule has 0 radical (unpaired) electrons. The highest BCUT2D eigenvalue weighted by atomic mass is 19.1. The lowest BCUT2D eigenvalue weighted by molar-refractivity contribution is 0.0742. The van der Waals surface area contributed by atoms with Crippen LogP contribution in [0.4, 0.5) is 16.0 Å². The number of amides is 1. The van der Waals surface area contributed by atoms with Crippen LogP contribution in [0.25, 0.3) is 0 Å². The standard InChI is InChI=1S/C20H24FN5O/c21-17-7-3-2-6-16(17)20(27)26-12-10-25(11-13-26)19-14-18(22-15-23-19)24-8-4-1-5-9-24/h2-3,6-7,14-15H,1,4-5,8-13H2. The van der Waals surface area contributed by atoms with E-state index < -0.39 is 5.82 Å². The largest absolute Gasteiger partial charge is 0.356 e. The van der Waals surface area contributed by atoms with Crippen molar-refractivity contribution in [2.24, 2.45) is 0 Å². The van der Waals surface area contributed by atoms with Crippen molar-refractivity contribution in [3.63, 3.8) is 0 Å². The Balaban J connectivity index is 1.40. The van der Waals surface area contributed by atoms with Crippen molar-refractivity contribution in [1.29, 1.82) is 0 Å². The van der Waals surface area contributed by atoms with E-state index in [1.165, 1.54) is 25.3 Å². The maximum absolute atomic E-state index is 13.9. The van der Waals surface area contributed by atoms with Crippen LogP contribution in [0.2, 0.25) is 0 Å². The average Bonchev–Trinajstić information content (AvgIpc) is 2.74. The Bertz CT molecular complexity index is 800. The minimum Gasteiger partial charge on any atom is -0.356 e. The van der Waals surface area contributed by atoms with Crippen molar-refractivity contribution in [2.45, 2.75) is 19.3 Å². The number of nitrogens with zero attached hydrogens (tertiary/aromatic N) is 5. The van der Waals surface area contributed by atoms with Gasteiger partial charge in [0, 0.05) is 45.3 Å².